The molecule has 1 aliphatic heterocycles. The number of hydrogen-bond acceptors (Lipinski definition) is 3. The van der Waals surface area contributed by atoms with Crippen LogP contribution in [-0.2, 0) is 6.54 Å². The van der Waals surface area contributed by atoms with E-state index in [1.165, 1.54) is 0 Å². The van der Waals surface area contributed by atoms with Gasteiger partial charge in [-0.2, -0.15) is 0 Å². The van der Waals surface area contributed by atoms with E-state index in [1.54, 1.807) is 29.2 Å². The minimum atomic E-state index is -2.57. The van der Waals surface area contributed by atoms with Crippen molar-refractivity contribution in [2.45, 2.75) is 18.9 Å². The van der Waals surface area contributed by atoms with Crippen LogP contribution in [0.4, 0.5) is 8.78 Å². The van der Waals surface area contributed by atoms with Gasteiger partial charge in [-0.3, -0.25) is 4.90 Å². The van der Waals surface area contributed by atoms with Crippen molar-refractivity contribution < 1.29 is 18.8 Å². The average Bonchev–Trinajstić information content (AvgIpc) is 2.59. The van der Waals surface area contributed by atoms with Crippen LogP contribution in [0, 0.1) is 0 Å². The SMILES string of the molecule is OB(O)c1ccc(CN2CCC(F)(F)C2)cc1. The quantitative estimate of drug-likeness (QED) is 0.743. The van der Waals surface area contributed by atoms with Crippen LogP contribution >= 0.6 is 0 Å². The first-order valence-corrected chi connectivity index (χ1v) is 5.51. The highest BCUT2D eigenvalue weighted by atomic mass is 19.3. The number of alkyl halides is 2. The number of rotatable bonds is 3. The maximum absolute atomic E-state index is 13.0. The molecule has 0 radical (unpaired) electrons. The van der Waals surface area contributed by atoms with E-state index in [-0.39, 0.29) is 13.0 Å². The topological polar surface area (TPSA) is 43.7 Å². The van der Waals surface area contributed by atoms with Crippen molar-refractivity contribution in [3.05, 3.63) is 29.8 Å². The molecule has 0 atom stereocenters. The molecule has 1 fully saturated rings. The van der Waals surface area contributed by atoms with Crippen LogP contribution in [0.3, 0.4) is 0 Å². The second-order valence-corrected chi connectivity index (χ2v) is 4.43. The van der Waals surface area contributed by atoms with Gasteiger partial charge in [0.2, 0.25) is 0 Å². The Bertz CT molecular complexity index is 384. The van der Waals surface area contributed by atoms with E-state index < -0.39 is 13.0 Å². The summed E-state index contributed by atoms with van der Waals surface area (Å²) in [5.41, 5.74) is 1.30. The Kier molecular flexibility index (Phi) is 3.46. The molecule has 0 spiro atoms. The van der Waals surface area contributed by atoms with Gasteiger partial charge in [-0.15, -0.1) is 0 Å². The van der Waals surface area contributed by atoms with Crippen LogP contribution in [0.25, 0.3) is 0 Å². The van der Waals surface area contributed by atoms with Crippen LogP contribution < -0.4 is 5.46 Å². The van der Waals surface area contributed by atoms with Crippen molar-refractivity contribution in [2.75, 3.05) is 13.1 Å². The molecule has 92 valence electrons. The number of hydrogen-bond donors (Lipinski definition) is 2. The fourth-order valence-corrected chi connectivity index (χ4v) is 2.00. The van der Waals surface area contributed by atoms with E-state index in [4.69, 9.17) is 10.0 Å². The number of nitrogens with zero attached hydrogens (tertiary/aromatic N) is 1. The number of likely N-dealkylation sites (tertiary alicyclic amines) is 1. The zero-order valence-electron chi connectivity index (χ0n) is 9.31. The molecule has 1 aliphatic rings. The van der Waals surface area contributed by atoms with Crippen molar-refractivity contribution in [1.29, 1.82) is 0 Å². The van der Waals surface area contributed by atoms with Crippen LogP contribution in [0.2, 0.25) is 0 Å². The summed E-state index contributed by atoms with van der Waals surface area (Å²) in [6.07, 6.45) is -0.0829. The Balaban J connectivity index is 1.96. The summed E-state index contributed by atoms with van der Waals surface area (Å²) in [5.74, 6) is -2.57. The lowest BCUT2D eigenvalue weighted by molar-refractivity contribution is 0.0115. The Morgan fingerprint density at radius 2 is 1.88 bits per heavy atom. The molecule has 1 aromatic carbocycles. The molecule has 2 rings (SSSR count). The summed E-state index contributed by atoms with van der Waals surface area (Å²) >= 11 is 0. The van der Waals surface area contributed by atoms with Crippen molar-refractivity contribution in [3.63, 3.8) is 0 Å². The maximum atomic E-state index is 13.0. The average molecular weight is 241 g/mol. The van der Waals surface area contributed by atoms with E-state index in [0.29, 0.717) is 18.6 Å². The molecule has 0 amide bonds. The highest BCUT2D eigenvalue weighted by molar-refractivity contribution is 6.58. The first kappa shape index (κ1) is 12.5. The number of benzene rings is 1. The van der Waals surface area contributed by atoms with E-state index in [1.807, 2.05) is 0 Å². The highest BCUT2D eigenvalue weighted by Gasteiger charge is 2.37. The highest BCUT2D eigenvalue weighted by Crippen LogP contribution is 2.27. The molecule has 0 saturated carbocycles. The Morgan fingerprint density at radius 1 is 1.24 bits per heavy atom. The van der Waals surface area contributed by atoms with E-state index >= 15 is 0 Å². The standard InChI is InChI=1S/C11H14BF2NO2/c13-11(14)5-6-15(8-11)7-9-1-3-10(4-2-9)12(16)17/h1-4,16-17H,5-8H2. The predicted octanol–water partition coefficient (Wildman–Crippen LogP) is 0.207. The Morgan fingerprint density at radius 3 is 2.35 bits per heavy atom. The number of halogens is 2. The fraction of sp³-hybridized carbons (Fsp3) is 0.455. The molecule has 0 aliphatic carbocycles. The molecule has 0 bridgehead atoms. The Labute approximate surface area is 98.8 Å². The van der Waals surface area contributed by atoms with Gasteiger partial charge in [-0.25, -0.2) is 8.78 Å². The van der Waals surface area contributed by atoms with Gasteiger partial charge in [-0.05, 0) is 11.0 Å². The molecule has 3 nitrogen and oxygen atoms in total. The molecule has 0 unspecified atom stereocenters. The van der Waals surface area contributed by atoms with Crippen molar-refractivity contribution in [1.82, 2.24) is 4.90 Å². The van der Waals surface area contributed by atoms with Crippen LogP contribution in [0.5, 0.6) is 0 Å². The lowest BCUT2D eigenvalue weighted by atomic mass is 9.80. The predicted molar refractivity (Wildman–Crippen MR) is 61.1 cm³/mol. The van der Waals surface area contributed by atoms with Gasteiger partial charge in [0.05, 0.1) is 6.54 Å². The van der Waals surface area contributed by atoms with Gasteiger partial charge in [0.1, 0.15) is 0 Å². The fourth-order valence-electron chi connectivity index (χ4n) is 2.00. The van der Waals surface area contributed by atoms with Crippen molar-refractivity contribution >= 4 is 12.6 Å². The smallest absolute Gasteiger partial charge is 0.423 e. The summed E-state index contributed by atoms with van der Waals surface area (Å²) in [5, 5.41) is 17.8. The van der Waals surface area contributed by atoms with Gasteiger partial charge in [0.25, 0.3) is 5.92 Å². The largest absolute Gasteiger partial charge is 0.488 e. The summed E-state index contributed by atoms with van der Waals surface area (Å²) in [6.45, 7) is 0.673. The molecule has 6 heteroatoms. The first-order chi connectivity index (χ1) is 7.96. The van der Waals surface area contributed by atoms with Crippen LogP contribution in [0.15, 0.2) is 24.3 Å². The normalized spacial score (nSPS) is 19.5. The summed E-state index contributed by atoms with van der Waals surface area (Å²) < 4.78 is 25.9. The minimum absolute atomic E-state index is 0.0829. The first-order valence-electron chi connectivity index (χ1n) is 5.51. The summed E-state index contributed by atoms with van der Waals surface area (Å²) in [7, 11) is -1.49. The second kappa shape index (κ2) is 4.72. The van der Waals surface area contributed by atoms with Crippen LogP contribution in [-0.4, -0.2) is 41.1 Å². The zero-order valence-corrected chi connectivity index (χ0v) is 9.31. The molecule has 1 aromatic rings. The summed E-state index contributed by atoms with van der Waals surface area (Å²) in [6, 6.07) is 6.64. The third-order valence-electron chi connectivity index (χ3n) is 2.93. The molecule has 1 saturated heterocycles. The lowest BCUT2D eigenvalue weighted by Gasteiger charge is -2.15. The molecule has 1 heterocycles. The van der Waals surface area contributed by atoms with Crippen molar-refractivity contribution in [2.24, 2.45) is 0 Å². The molecule has 0 aromatic heterocycles. The Hall–Kier alpha value is -0.975. The van der Waals surface area contributed by atoms with Gasteiger partial charge < -0.3 is 10.0 Å². The second-order valence-electron chi connectivity index (χ2n) is 4.43. The van der Waals surface area contributed by atoms with E-state index in [0.717, 1.165) is 5.56 Å². The molecule has 2 N–H and O–H groups in total. The van der Waals surface area contributed by atoms with E-state index in [9.17, 15) is 8.78 Å². The third kappa shape index (κ3) is 3.25. The van der Waals surface area contributed by atoms with Gasteiger partial charge >= 0.3 is 7.12 Å². The lowest BCUT2D eigenvalue weighted by Crippen LogP contribution is -2.30. The minimum Gasteiger partial charge on any atom is -0.423 e. The monoisotopic (exact) mass is 241 g/mol. The maximum Gasteiger partial charge on any atom is 0.488 e. The van der Waals surface area contributed by atoms with Crippen LogP contribution in [0.1, 0.15) is 12.0 Å². The third-order valence-corrected chi connectivity index (χ3v) is 2.93. The molecular weight excluding hydrogens is 227 g/mol. The zero-order chi connectivity index (χ0) is 12.5. The summed E-state index contributed by atoms with van der Waals surface area (Å²) in [4.78, 5) is 1.70. The van der Waals surface area contributed by atoms with Crippen molar-refractivity contribution in [3.8, 4) is 0 Å². The van der Waals surface area contributed by atoms with Gasteiger partial charge in [0, 0.05) is 19.5 Å². The van der Waals surface area contributed by atoms with Gasteiger partial charge in [-0.1, -0.05) is 24.3 Å². The molecule has 17 heavy (non-hydrogen) atoms. The van der Waals surface area contributed by atoms with E-state index in [2.05, 4.69) is 0 Å². The molecular formula is C11H14BF2NO2. The van der Waals surface area contributed by atoms with Gasteiger partial charge in [0.15, 0.2) is 0 Å².